The van der Waals surface area contributed by atoms with E-state index in [1.807, 2.05) is 0 Å². The first-order valence-corrected chi connectivity index (χ1v) is 8.31. The molecule has 1 heterocycles. The Balaban J connectivity index is 2.26. The predicted octanol–water partition coefficient (Wildman–Crippen LogP) is 0.895. The maximum absolute atomic E-state index is 12.5. The zero-order chi connectivity index (χ0) is 21.7. The van der Waals surface area contributed by atoms with Crippen LogP contribution in [0.25, 0.3) is 0 Å². The van der Waals surface area contributed by atoms with Crippen molar-refractivity contribution < 1.29 is 28.7 Å². The molecular weight excluding hydrogens is 386 g/mol. The van der Waals surface area contributed by atoms with Gasteiger partial charge >= 0.3 is 5.69 Å². The molecule has 2 amide bonds. The number of hydrogen-bond acceptors (Lipinski definition) is 8. The third kappa shape index (κ3) is 4.54. The number of carbonyl (C=O) groups excluding carboxylic acids is 2. The van der Waals surface area contributed by atoms with E-state index in [-0.39, 0.29) is 29.4 Å². The number of hydrazine groups is 1. The summed E-state index contributed by atoms with van der Waals surface area (Å²) in [6.07, 6.45) is 0. The molecule has 12 nitrogen and oxygen atoms in total. The summed E-state index contributed by atoms with van der Waals surface area (Å²) in [4.78, 5) is 35.4. The summed E-state index contributed by atoms with van der Waals surface area (Å²) in [6, 6.07) is 2.92. The van der Waals surface area contributed by atoms with Gasteiger partial charge in [-0.2, -0.15) is 5.10 Å². The highest BCUT2D eigenvalue weighted by atomic mass is 16.6. The van der Waals surface area contributed by atoms with Crippen molar-refractivity contribution in [1.82, 2.24) is 20.6 Å². The number of nitro benzene ring substituents is 1. The summed E-state index contributed by atoms with van der Waals surface area (Å²) in [5.74, 6) is -1.77. The Labute approximate surface area is 165 Å². The lowest BCUT2D eigenvalue weighted by molar-refractivity contribution is -0.386. The number of rotatable bonds is 7. The van der Waals surface area contributed by atoms with Gasteiger partial charge in [0.15, 0.2) is 5.75 Å². The van der Waals surface area contributed by atoms with Crippen molar-refractivity contribution >= 4 is 17.5 Å². The second kappa shape index (κ2) is 8.91. The minimum atomic E-state index is -0.933. The quantitative estimate of drug-likeness (QED) is 0.508. The maximum Gasteiger partial charge on any atom is 0.327 e. The van der Waals surface area contributed by atoms with Crippen LogP contribution in [-0.4, -0.2) is 47.8 Å². The highest BCUT2D eigenvalue weighted by Crippen LogP contribution is 2.46. The van der Waals surface area contributed by atoms with E-state index in [2.05, 4.69) is 16.0 Å². The number of nitrogens with one attached hydrogen (secondary N) is 2. The lowest BCUT2D eigenvalue weighted by atomic mass is 10.1. The SMILES string of the molecule is COc1cc(C(=O)NNC(=O)Cn2nc(C)cc2C)c([N+](=O)[O-])c(OC)c1OC. The van der Waals surface area contributed by atoms with Gasteiger partial charge in [0.1, 0.15) is 12.1 Å². The van der Waals surface area contributed by atoms with Crippen molar-refractivity contribution in [2.24, 2.45) is 0 Å². The number of aromatic nitrogens is 2. The lowest BCUT2D eigenvalue weighted by Crippen LogP contribution is -2.43. The smallest absolute Gasteiger partial charge is 0.327 e. The van der Waals surface area contributed by atoms with Crippen LogP contribution in [0, 0.1) is 24.0 Å². The van der Waals surface area contributed by atoms with Gasteiger partial charge in [-0.1, -0.05) is 0 Å². The lowest BCUT2D eigenvalue weighted by Gasteiger charge is -2.15. The zero-order valence-electron chi connectivity index (χ0n) is 16.6. The molecule has 0 spiro atoms. The van der Waals surface area contributed by atoms with Crippen LogP contribution in [0.5, 0.6) is 17.2 Å². The Kier molecular flexibility index (Phi) is 6.59. The van der Waals surface area contributed by atoms with Gasteiger partial charge in [0.05, 0.1) is 31.9 Å². The minimum Gasteiger partial charge on any atom is -0.493 e. The maximum atomic E-state index is 12.5. The molecule has 2 aromatic rings. The van der Waals surface area contributed by atoms with Crippen molar-refractivity contribution in [3.63, 3.8) is 0 Å². The third-order valence-corrected chi connectivity index (χ3v) is 3.94. The largest absolute Gasteiger partial charge is 0.493 e. The van der Waals surface area contributed by atoms with Crippen molar-refractivity contribution in [3.8, 4) is 17.2 Å². The average molecular weight is 407 g/mol. The molecule has 0 aliphatic carbocycles. The van der Waals surface area contributed by atoms with E-state index in [0.717, 1.165) is 17.5 Å². The Hall–Kier alpha value is -3.83. The number of carbonyl (C=O) groups is 2. The monoisotopic (exact) mass is 407 g/mol. The van der Waals surface area contributed by atoms with E-state index in [0.29, 0.717) is 0 Å². The van der Waals surface area contributed by atoms with E-state index in [1.54, 1.807) is 19.9 Å². The standard InChI is InChI=1S/C17H21N5O7/c1-9-6-10(2)21(20-9)8-13(23)18-19-17(24)11-7-12(27-3)15(28-4)16(29-5)14(11)22(25)26/h6-7H,8H2,1-5H3,(H,18,23)(H,19,24). The summed E-state index contributed by atoms with van der Waals surface area (Å²) in [5.41, 5.74) is 4.85. The van der Waals surface area contributed by atoms with Gasteiger partial charge in [0, 0.05) is 11.8 Å². The van der Waals surface area contributed by atoms with Crippen molar-refractivity contribution in [2.45, 2.75) is 20.4 Å². The fourth-order valence-electron chi connectivity index (χ4n) is 2.70. The van der Waals surface area contributed by atoms with Crippen LogP contribution in [0.2, 0.25) is 0 Å². The Morgan fingerprint density at radius 2 is 1.76 bits per heavy atom. The zero-order valence-corrected chi connectivity index (χ0v) is 16.6. The van der Waals surface area contributed by atoms with Gasteiger partial charge < -0.3 is 14.2 Å². The molecule has 0 saturated carbocycles. The normalized spacial score (nSPS) is 10.2. The van der Waals surface area contributed by atoms with Crippen LogP contribution >= 0.6 is 0 Å². The predicted molar refractivity (Wildman–Crippen MR) is 100 cm³/mol. The third-order valence-electron chi connectivity index (χ3n) is 3.94. The average Bonchev–Trinajstić information content (AvgIpc) is 3.00. The first-order chi connectivity index (χ1) is 13.7. The number of benzene rings is 1. The van der Waals surface area contributed by atoms with E-state index >= 15 is 0 Å². The van der Waals surface area contributed by atoms with E-state index in [9.17, 15) is 19.7 Å². The van der Waals surface area contributed by atoms with Crippen molar-refractivity contribution in [3.05, 3.63) is 39.2 Å². The summed E-state index contributed by atoms with van der Waals surface area (Å²) in [5, 5.41) is 15.7. The Morgan fingerprint density at radius 3 is 2.24 bits per heavy atom. The van der Waals surface area contributed by atoms with Crippen LogP contribution in [0.1, 0.15) is 21.7 Å². The summed E-state index contributed by atoms with van der Waals surface area (Å²) < 4.78 is 16.7. The van der Waals surface area contributed by atoms with Crippen LogP contribution in [-0.2, 0) is 11.3 Å². The van der Waals surface area contributed by atoms with Crippen LogP contribution in [0.4, 0.5) is 5.69 Å². The van der Waals surface area contributed by atoms with Gasteiger partial charge in [-0.3, -0.25) is 35.2 Å². The topological polar surface area (TPSA) is 147 Å². The Morgan fingerprint density at radius 1 is 1.10 bits per heavy atom. The molecule has 1 aromatic carbocycles. The van der Waals surface area contributed by atoms with E-state index in [1.165, 1.54) is 26.0 Å². The number of aryl methyl sites for hydroxylation is 2. The van der Waals surface area contributed by atoms with Gasteiger partial charge in [-0.15, -0.1) is 0 Å². The van der Waals surface area contributed by atoms with Crippen LogP contribution in [0.3, 0.4) is 0 Å². The number of hydrogen-bond donors (Lipinski definition) is 2. The Bertz CT molecular complexity index is 954. The first-order valence-electron chi connectivity index (χ1n) is 8.31. The molecule has 2 rings (SSSR count). The number of amides is 2. The minimum absolute atomic E-state index is 0.0354. The molecule has 29 heavy (non-hydrogen) atoms. The van der Waals surface area contributed by atoms with Crippen molar-refractivity contribution in [2.75, 3.05) is 21.3 Å². The van der Waals surface area contributed by atoms with Gasteiger partial charge in [-0.25, -0.2) is 0 Å². The van der Waals surface area contributed by atoms with Crippen LogP contribution < -0.4 is 25.1 Å². The molecule has 0 unspecified atom stereocenters. The fourth-order valence-corrected chi connectivity index (χ4v) is 2.70. The van der Waals surface area contributed by atoms with Crippen LogP contribution in [0.15, 0.2) is 12.1 Å². The fraction of sp³-hybridized carbons (Fsp3) is 0.353. The van der Waals surface area contributed by atoms with E-state index < -0.39 is 22.4 Å². The number of nitrogens with zero attached hydrogens (tertiary/aromatic N) is 3. The highest BCUT2D eigenvalue weighted by Gasteiger charge is 2.32. The molecule has 2 N–H and O–H groups in total. The summed E-state index contributed by atoms with van der Waals surface area (Å²) in [7, 11) is 3.78. The molecule has 0 radical (unpaired) electrons. The first kappa shape index (κ1) is 21.5. The number of ether oxygens (including phenoxy) is 3. The van der Waals surface area contributed by atoms with Gasteiger partial charge in [-0.05, 0) is 19.9 Å². The molecule has 1 aromatic heterocycles. The van der Waals surface area contributed by atoms with Crippen molar-refractivity contribution in [1.29, 1.82) is 0 Å². The summed E-state index contributed by atoms with van der Waals surface area (Å²) in [6.45, 7) is 3.43. The molecule has 0 bridgehead atoms. The molecule has 0 saturated heterocycles. The highest BCUT2D eigenvalue weighted by molar-refractivity contribution is 6.01. The molecule has 0 aliphatic heterocycles. The second-order valence-corrected chi connectivity index (χ2v) is 5.89. The molecule has 156 valence electrons. The molecule has 0 aliphatic rings. The molecular formula is C17H21N5O7. The molecule has 0 fully saturated rings. The number of nitro groups is 1. The molecule has 0 atom stereocenters. The van der Waals surface area contributed by atoms with Gasteiger partial charge in [0.2, 0.25) is 11.5 Å². The molecule has 12 heteroatoms. The number of methoxy groups -OCH3 is 3. The van der Waals surface area contributed by atoms with Gasteiger partial charge in [0.25, 0.3) is 11.8 Å². The second-order valence-electron chi connectivity index (χ2n) is 5.89. The van der Waals surface area contributed by atoms with E-state index in [4.69, 9.17) is 14.2 Å². The summed E-state index contributed by atoms with van der Waals surface area (Å²) >= 11 is 0.